The van der Waals surface area contributed by atoms with Crippen molar-refractivity contribution in [1.82, 2.24) is 5.32 Å². The number of rotatable bonds is 6. The second-order valence-electron chi connectivity index (χ2n) is 5.44. The number of aryl methyl sites for hydroxylation is 1. The monoisotopic (exact) mass is 307 g/mol. The van der Waals surface area contributed by atoms with E-state index in [9.17, 15) is 8.42 Å². The third-order valence-corrected chi connectivity index (χ3v) is 5.36. The number of sulfone groups is 1. The van der Waals surface area contributed by atoms with Crippen LogP contribution in [0.25, 0.3) is 0 Å². The zero-order chi connectivity index (χ0) is 15.5. The van der Waals surface area contributed by atoms with Gasteiger partial charge in [-0.3, -0.25) is 0 Å². The number of nitrogens with one attached hydrogen (secondary N) is 1. The lowest BCUT2D eigenvalue weighted by molar-refractivity contribution is 0.491. The largest absolute Gasteiger partial charge is 0.472 e. The minimum Gasteiger partial charge on any atom is -0.472 e. The minimum absolute atomic E-state index is 0.0481. The Morgan fingerprint density at radius 1 is 1.14 bits per heavy atom. The van der Waals surface area contributed by atoms with E-state index in [0.29, 0.717) is 4.90 Å². The van der Waals surface area contributed by atoms with Crippen LogP contribution in [-0.4, -0.2) is 20.2 Å². The van der Waals surface area contributed by atoms with Crippen LogP contribution in [0.5, 0.6) is 0 Å². The number of furan rings is 1. The Bertz CT molecular complexity index is 660. The molecule has 2 rings (SSSR count). The maximum absolute atomic E-state index is 12.4. The zero-order valence-electron chi connectivity index (χ0n) is 12.5. The number of hydrogen-bond acceptors (Lipinski definition) is 4. The molecule has 0 radical (unpaired) electrons. The summed E-state index contributed by atoms with van der Waals surface area (Å²) in [4.78, 5) is 0.373. The van der Waals surface area contributed by atoms with Crippen LogP contribution in [-0.2, 0) is 9.84 Å². The lowest BCUT2D eigenvalue weighted by atomic mass is 10.1. The van der Waals surface area contributed by atoms with E-state index in [4.69, 9.17) is 4.42 Å². The molecular formula is C16H21NO3S. The van der Waals surface area contributed by atoms with E-state index >= 15 is 0 Å². The fraction of sp³-hybridized carbons (Fsp3) is 0.375. The van der Waals surface area contributed by atoms with Gasteiger partial charge in [-0.15, -0.1) is 0 Å². The third-order valence-electron chi connectivity index (χ3n) is 3.43. The molecule has 0 aliphatic carbocycles. The van der Waals surface area contributed by atoms with Crippen molar-refractivity contribution >= 4 is 9.84 Å². The molecule has 1 heterocycles. The van der Waals surface area contributed by atoms with Crippen molar-refractivity contribution in [1.29, 1.82) is 0 Å². The summed E-state index contributed by atoms with van der Waals surface area (Å²) in [5.74, 6) is 0.0677. The lowest BCUT2D eigenvalue weighted by Crippen LogP contribution is -2.34. The zero-order valence-corrected chi connectivity index (χ0v) is 13.4. The van der Waals surface area contributed by atoms with Crippen molar-refractivity contribution in [3.05, 3.63) is 54.0 Å². The van der Waals surface area contributed by atoms with Gasteiger partial charge in [0.05, 0.1) is 23.2 Å². The third kappa shape index (κ3) is 4.19. The summed E-state index contributed by atoms with van der Waals surface area (Å²) in [6, 6.07) is 8.73. The average molecular weight is 307 g/mol. The molecular weight excluding hydrogens is 286 g/mol. The quantitative estimate of drug-likeness (QED) is 0.891. The Kier molecular flexibility index (Phi) is 4.85. The van der Waals surface area contributed by atoms with Gasteiger partial charge in [0.1, 0.15) is 0 Å². The molecule has 1 aromatic carbocycles. The summed E-state index contributed by atoms with van der Waals surface area (Å²) in [6.07, 6.45) is 3.28. The first-order valence-corrected chi connectivity index (χ1v) is 8.61. The van der Waals surface area contributed by atoms with E-state index in [1.807, 2.05) is 39.0 Å². The molecule has 1 aromatic heterocycles. The Morgan fingerprint density at radius 2 is 1.81 bits per heavy atom. The van der Waals surface area contributed by atoms with E-state index in [-0.39, 0.29) is 17.8 Å². The highest BCUT2D eigenvalue weighted by Crippen LogP contribution is 2.16. The first-order chi connectivity index (χ1) is 9.88. The summed E-state index contributed by atoms with van der Waals surface area (Å²) < 4.78 is 29.8. The van der Waals surface area contributed by atoms with Crippen molar-refractivity contribution in [2.75, 3.05) is 5.75 Å². The van der Waals surface area contributed by atoms with Crippen LogP contribution in [0.3, 0.4) is 0 Å². The van der Waals surface area contributed by atoms with Crippen molar-refractivity contribution in [3.8, 4) is 0 Å². The molecule has 0 saturated carbocycles. The van der Waals surface area contributed by atoms with Gasteiger partial charge >= 0.3 is 0 Å². The van der Waals surface area contributed by atoms with Crippen molar-refractivity contribution in [3.63, 3.8) is 0 Å². The second kappa shape index (κ2) is 6.45. The molecule has 114 valence electrons. The normalized spacial score (nSPS) is 14.8. The van der Waals surface area contributed by atoms with Gasteiger partial charge in [0.25, 0.3) is 0 Å². The molecule has 2 atom stereocenters. The highest BCUT2D eigenvalue weighted by atomic mass is 32.2. The van der Waals surface area contributed by atoms with E-state index in [0.717, 1.165) is 11.1 Å². The topological polar surface area (TPSA) is 59.3 Å². The first kappa shape index (κ1) is 15.8. The predicted octanol–water partition coefficient (Wildman–Crippen LogP) is 3.10. The predicted molar refractivity (Wildman–Crippen MR) is 83.0 cm³/mol. The Morgan fingerprint density at radius 3 is 2.38 bits per heavy atom. The first-order valence-electron chi connectivity index (χ1n) is 6.96. The summed E-state index contributed by atoms with van der Waals surface area (Å²) >= 11 is 0. The van der Waals surface area contributed by atoms with Gasteiger partial charge in [0.15, 0.2) is 9.84 Å². The molecule has 0 amide bonds. The standard InChI is InChI=1S/C16H21NO3S/c1-12-4-6-16(7-5-12)21(18,19)11-13(2)17-14(3)15-8-9-20-10-15/h4-10,13-14,17H,11H2,1-3H3/t13-,14+/m1/s1. The van der Waals surface area contributed by atoms with Crippen molar-refractivity contribution in [2.24, 2.45) is 0 Å². The van der Waals surface area contributed by atoms with Crippen LogP contribution in [0, 0.1) is 6.92 Å². The Balaban J connectivity index is 2.01. The SMILES string of the molecule is Cc1ccc(S(=O)(=O)C[C@@H](C)N[C@@H](C)c2ccoc2)cc1. The molecule has 2 aromatic rings. The molecule has 0 aliphatic rings. The fourth-order valence-corrected chi connectivity index (χ4v) is 3.76. The van der Waals surface area contributed by atoms with Gasteiger partial charge in [-0.05, 0) is 39.0 Å². The van der Waals surface area contributed by atoms with Crippen molar-refractivity contribution < 1.29 is 12.8 Å². The highest BCUT2D eigenvalue weighted by molar-refractivity contribution is 7.91. The number of hydrogen-bond donors (Lipinski definition) is 1. The van der Waals surface area contributed by atoms with Gasteiger partial charge < -0.3 is 9.73 Å². The summed E-state index contributed by atoms with van der Waals surface area (Å²) in [5, 5.41) is 3.28. The van der Waals surface area contributed by atoms with E-state index < -0.39 is 9.84 Å². The summed E-state index contributed by atoms with van der Waals surface area (Å²) in [7, 11) is -3.28. The summed E-state index contributed by atoms with van der Waals surface area (Å²) in [6.45, 7) is 5.80. The van der Waals surface area contributed by atoms with Crippen LogP contribution < -0.4 is 5.32 Å². The Labute approximate surface area is 126 Å². The molecule has 5 heteroatoms. The molecule has 0 bridgehead atoms. The average Bonchev–Trinajstić information content (AvgIpc) is 2.92. The van der Waals surface area contributed by atoms with Gasteiger partial charge in [0, 0.05) is 17.6 Å². The van der Waals surface area contributed by atoms with Crippen molar-refractivity contribution in [2.45, 2.75) is 37.8 Å². The van der Waals surface area contributed by atoms with Gasteiger partial charge in [-0.1, -0.05) is 17.7 Å². The highest BCUT2D eigenvalue weighted by Gasteiger charge is 2.20. The van der Waals surface area contributed by atoms with Crippen LogP contribution in [0.1, 0.15) is 31.0 Å². The van der Waals surface area contributed by atoms with Crippen LogP contribution in [0.2, 0.25) is 0 Å². The minimum atomic E-state index is -3.28. The maximum Gasteiger partial charge on any atom is 0.179 e. The second-order valence-corrected chi connectivity index (χ2v) is 7.47. The van der Waals surface area contributed by atoms with Gasteiger partial charge in [-0.2, -0.15) is 0 Å². The van der Waals surface area contributed by atoms with Crippen LogP contribution in [0.15, 0.2) is 52.2 Å². The maximum atomic E-state index is 12.4. The van der Waals surface area contributed by atoms with E-state index in [1.54, 1.807) is 24.7 Å². The molecule has 1 N–H and O–H groups in total. The molecule has 21 heavy (non-hydrogen) atoms. The molecule has 0 aliphatic heterocycles. The summed E-state index contributed by atoms with van der Waals surface area (Å²) in [5.41, 5.74) is 2.06. The van der Waals surface area contributed by atoms with Gasteiger partial charge in [0.2, 0.25) is 0 Å². The molecule has 0 saturated heterocycles. The Hall–Kier alpha value is -1.59. The lowest BCUT2D eigenvalue weighted by Gasteiger charge is -2.19. The van der Waals surface area contributed by atoms with Crippen LogP contribution in [0.4, 0.5) is 0 Å². The molecule has 4 nitrogen and oxygen atoms in total. The van der Waals surface area contributed by atoms with E-state index in [2.05, 4.69) is 5.32 Å². The van der Waals surface area contributed by atoms with Crippen LogP contribution >= 0.6 is 0 Å². The molecule has 0 unspecified atom stereocenters. The van der Waals surface area contributed by atoms with Gasteiger partial charge in [-0.25, -0.2) is 8.42 Å². The van der Waals surface area contributed by atoms with E-state index in [1.165, 1.54) is 0 Å². The fourth-order valence-electron chi connectivity index (χ4n) is 2.26. The smallest absolute Gasteiger partial charge is 0.179 e. The number of benzene rings is 1. The molecule has 0 spiro atoms. The molecule has 0 fully saturated rings.